The summed E-state index contributed by atoms with van der Waals surface area (Å²) in [4.78, 5) is 17.7. The molecule has 1 heterocycles. The number of benzene rings is 1. The van der Waals surface area contributed by atoms with Crippen LogP contribution in [0.4, 0.5) is 0 Å². The Hall–Kier alpha value is -2.14. The molecule has 1 aromatic heterocycles. The minimum absolute atomic E-state index is 0.126. The Morgan fingerprint density at radius 2 is 2.00 bits per heavy atom. The maximum Gasteiger partial charge on any atom is 0.296 e. The average Bonchev–Trinajstić information content (AvgIpc) is 2.46. The third-order valence-electron chi connectivity index (χ3n) is 3.58. The van der Waals surface area contributed by atoms with Crippen molar-refractivity contribution in [2.24, 2.45) is 5.92 Å². The third kappa shape index (κ3) is 3.92. The van der Waals surface area contributed by atoms with E-state index < -0.39 is 0 Å². The van der Waals surface area contributed by atoms with Gasteiger partial charge in [-0.15, -0.1) is 0 Å². The van der Waals surface area contributed by atoms with Crippen LogP contribution in [-0.4, -0.2) is 22.7 Å². The number of aromatic amines is 1. The van der Waals surface area contributed by atoms with Gasteiger partial charge in [0.25, 0.3) is 11.6 Å². The van der Waals surface area contributed by atoms with Crippen LogP contribution in [0.1, 0.15) is 18.4 Å². The van der Waals surface area contributed by atoms with Crippen LogP contribution < -0.4 is 10.3 Å². The summed E-state index contributed by atoms with van der Waals surface area (Å²) in [7, 11) is 0. The molecule has 3 rings (SSSR count). The maximum atomic E-state index is 11.1. The van der Waals surface area contributed by atoms with E-state index in [9.17, 15) is 4.79 Å². The summed E-state index contributed by atoms with van der Waals surface area (Å²) in [5.41, 5.74) is 0.998. The number of H-pyrrole nitrogens is 1. The van der Waals surface area contributed by atoms with Gasteiger partial charge < -0.3 is 9.47 Å². The summed E-state index contributed by atoms with van der Waals surface area (Å²) in [6.45, 7) is 1.39. The van der Waals surface area contributed by atoms with Crippen molar-refractivity contribution < 1.29 is 9.47 Å². The molecule has 0 spiro atoms. The number of hydrogen-bond donors (Lipinski definition) is 1. The van der Waals surface area contributed by atoms with E-state index >= 15 is 0 Å². The Morgan fingerprint density at radius 3 is 2.76 bits per heavy atom. The molecule has 1 aliphatic carbocycles. The van der Waals surface area contributed by atoms with Crippen molar-refractivity contribution in [2.45, 2.75) is 25.6 Å². The highest BCUT2D eigenvalue weighted by Crippen LogP contribution is 2.30. The van der Waals surface area contributed by atoms with E-state index in [1.165, 1.54) is 17.8 Å². The second kappa shape index (κ2) is 6.54. The standard InChI is InChI=1S/C16H18N2O3/c19-15-6-7-17-16(18-15)21-14-8-13(9-14)11-20-10-12-4-2-1-3-5-12/h1-7,13-14H,8-11H2,(H,17,18,19). The predicted molar refractivity (Wildman–Crippen MR) is 78.1 cm³/mol. The molecule has 0 atom stereocenters. The largest absolute Gasteiger partial charge is 0.461 e. The molecular formula is C16H18N2O3. The molecule has 0 amide bonds. The Kier molecular flexibility index (Phi) is 4.31. The van der Waals surface area contributed by atoms with Crippen LogP contribution in [-0.2, 0) is 11.3 Å². The molecule has 0 saturated heterocycles. The van der Waals surface area contributed by atoms with Gasteiger partial charge in [0.05, 0.1) is 13.2 Å². The molecule has 1 aliphatic rings. The second-order valence-corrected chi connectivity index (χ2v) is 5.32. The van der Waals surface area contributed by atoms with Crippen molar-refractivity contribution in [3.05, 3.63) is 58.5 Å². The number of ether oxygens (including phenoxy) is 2. The molecular weight excluding hydrogens is 268 g/mol. The number of nitrogens with one attached hydrogen (secondary N) is 1. The van der Waals surface area contributed by atoms with Gasteiger partial charge in [0, 0.05) is 12.3 Å². The highest BCUT2D eigenvalue weighted by Gasteiger charge is 2.31. The van der Waals surface area contributed by atoms with E-state index in [2.05, 4.69) is 22.1 Å². The maximum absolute atomic E-state index is 11.1. The van der Waals surface area contributed by atoms with Crippen LogP contribution >= 0.6 is 0 Å². The Bertz CT molecular complexity index is 621. The van der Waals surface area contributed by atoms with E-state index in [4.69, 9.17) is 9.47 Å². The van der Waals surface area contributed by atoms with Gasteiger partial charge in [-0.3, -0.25) is 9.78 Å². The van der Waals surface area contributed by atoms with Gasteiger partial charge >= 0.3 is 0 Å². The van der Waals surface area contributed by atoms with Crippen molar-refractivity contribution in [2.75, 3.05) is 6.61 Å². The average molecular weight is 286 g/mol. The van der Waals surface area contributed by atoms with E-state index in [0.29, 0.717) is 18.5 Å². The minimum atomic E-state index is -0.193. The summed E-state index contributed by atoms with van der Waals surface area (Å²) in [6.07, 6.45) is 3.45. The normalized spacial score (nSPS) is 20.8. The van der Waals surface area contributed by atoms with Crippen LogP contribution in [0.15, 0.2) is 47.4 Å². The lowest BCUT2D eigenvalue weighted by Gasteiger charge is -2.34. The van der Waals surface area contributed by atoms with Gasteiger partial charge in [0.15, 0.2) is 0 Å². The molecule has 1 fully saturated rings. The molecule has 0 bridgehead atoms. The van der Waals surface area contributed by atoms with Gasteiger partial charge in [0.2, 0.25) is 0 Å². The summed E-state index contributed by atoms with van der Waals surface area (Å²) in [5, 5.41) is 0. The molecule has 1 N–H and O–H groups in total. The summed E-state index contributed by atoms with van der Waals surface area (Å²) in [5.74, 6) is 0.522. The van der Waals surface area contributed by atoms with Gasteiger partial charge in [0.1, 0.15) is 6.10 Å². The SMILES string of the molecule is O=c1ccnc(OC2CC(COCc3ccccc3)C2)[nH]1. The molecule has 1 aromatic carbocycles. The van der Waals surface area contributed by atoms with Crippen LogP contribution in [0.2, 0.25) is 0 Å². The van der Waals surface area contributed by atoms with E-state index in [1.807, 2.05) is 18.2 Å². The van der Waals surface area contributed by atoms with Gasteiger partial charge in [-0.05, 0) is 24.3 Å². The quantitative estimate of drug-likeness (QED) is 0.883. The predicted octanol–water partition coefficient (Wildman–Crippen LogP) is 2.14. The molecule has 1 saturated carbocycles. The zero-order valence-electron chi connectivity index (χ0n) is 11.7. The van der Waals surface area contributed by atoms with Gasteiger partial charge in [-0.25, -0.2) is 4.98 Å². The Balaban J connectivity index is 1.35. The fourth-order valence-electron chi connectivity index (χ4n) is 2.39. The monoisotopic (exact) mass is 286 g/mol. The highest BCUT2D eigenvalue weighted by atomic mass is 16.5. The second-order valence-electron chi connectivity index (χ2n) is 5.32. The molecule has 0 aliphatic heterocycles. The first-order chi connectivity index (χ1) is 10.3. The van der Waals surface area contributed by atoms with Gasteiger partial charge in [-0.1, -0.05) is 30.3 Å². The van der Waals surface area contributed by atoms with Crippen molar-refractivity contribution in [3.63, 3.8) is 0 Å². The van der Waals surface area contributed by atoms with E-state index in [1.54, 1.807) is 0 Å². The topological polar surface area (TPSA) is 64.2 Å². The number of hydrogen-bond acceptors (Lipinski definition) is 4. The number of aromatic nitrogens is 2. The lowest BCUT2D eigenvalue weighted by atomic mass is 9.83. The van der Waals surface area contributed by atoms with E-state index in [-0.39, 0.29) is 11.7 Å². The molecule has 0 unspecified atom stereocenters. The molecule has 2 aromatic rings. The number of rotatable bonds is 6. The van der Waals surface area contributed by atoms with Crippen molar-refractivity contribution in [1.29, 1.82) is 0 Å². The summed E-state index contributed by atoms with van der Waals surface area (Å²) in [6, 6.07) is 11.8. The first-order valence-corrected chi connectivity index (χ1v) is 7.13. The Labute approximate surface area is 123 Å². The highest BCUT2D eigenvalue weighted by molar-refractivity contribution is 5.13. The zero-order valence-corrected chi connectivity index (χ0v) is 11.7. The summed E-state index contributed by atoms with van der Waals surface area (Å²) < 4.78 is 11.3. The van der Waals surface area contributed by atoms with Crippen LogP contribution in [0.5, 0.6) is 6.01 Å². The molecule has 21 heavy (non-hydrogen) atoms. The van der Waals surface area contributed by atoms with Crippen molar-refractivity contribution in [1.82, 2.24) is 9.97 Å². The molecule has 5 nitrogen and oxygen atoms in total. The first-order valence-electron chi connectivity index (χ1n) is 7.13. The van der Waals surface area contributed by atoms with Crippen molar-refractivity contribution >= 4 is 0 Å². The van der Waals surface area contributed by atoms with Crippen molar-refractivity contribution in [3.8, 4) is 6.01 Å². The Morgan fingerprint density at radius 1 is 1.19 bits per heavy atom. The lowest BCUT2D eigenvalue weighted by Crippen LogP contribution is -2.37. The first kappa shape index (κ1) is 13.8. The van der Waals surface area contributed by atoms with Gasteiger partial charge in [-0.2, -0.15) is 0 Å². The zero-order chi connectivity index (χ0) is 14.5. The summed E-state index contributed by atoms with van der Waals surface area (Å²) >= 11 is 0. The number of nitrogens with zero attached hydrogens (tertiary/aromatic N) is 1. The lowest BCUT2D eigenvalue weighted by molar-refractivity contribution is -0.00624. The van der Waals surface area contributed by atoms with Crippen LogP contribution in [0.25, 0.3) is 0 Å². The third-order valence-corrected chi connectivity index (χ3v) is 3.58. The smallest absolute Gasteiger partial charge is 0.296 e. The van der Waals surface area contributed by atoms with E-state index in [0.717, 1.165) is 19.4 Å². The molecule has 0 radical (unpaired) electrons. The van der Waals surface area contributed by atoms with Crippen LogP contribution in [0, 0.1) is 5.92 Å². The molecule has 5 heteroatoms. The fourth-order valence-corrected chi connectivity index (χ4v) is 2.39. The molecule has 110 valence electrons. The fraction of sp³-hybridized carbons (Fsp3) is 0.375. The van der Waals surface area contributed by atoms with Crippen LogP contribution in [0.3, 0.4) is 0 Å². The minimum Gasteiger partial charge on any atom is -0.461 e.